The van der Waals surface area contributed by atoms with Crippen molar-refractivity contribution in [2.24, 2.45) is 9.98 Å². The Balaban J connectivity index is 2.17. The normalized spacial score (nSPS) is 11.7. The van der Waals surface area contributed by atoms with Gasteiger partial charge in [-0.1, -0.05) is 23.7 Å². The van der Waals surface area contributed by atoms with Gasteiger partial charge in [-0.05, 0) is 17.7 Å². The van der Waals surface area contributed by atoms with Crippen molar-refractivity contribution < 1.29 is 0 Å². The highest BCUT2D eigenvalue weighted by Crippen LogP contribution is 2.31. The van der Waals surface area contributed by atoms with Gasteiger partial charge >= 0.3 is 0 Å². The maximum atomic E-state index is 6.00. The first-order valence-electron chi connectivity index (χ1n) is 7.87. The fourth-order valence-corrected chi connectivity index (χ4v) is 2.29. The highest BCUT2D eigenvalue weighted by molar-refractivity contribution is 6.30. The summed E-state index contributed by atoms with van der Waals surface area (Å²) in [6, 6.07) is 7.49. The van der Waals surface area contributed by atoms with E-state index in [9.17, 15) is 0 Å². The maximum absolute atomic E-state index is 6.00. The summed E-state index contributed by atoms with van der Waals surface area (Å²) < 4.78 is 1.59. The van der Waals surface area contributed by atoms with Crippen LogP contribution in [0.3, 0.4) is 0 Å². The third-order valence-electron chi connectivity index (χ3n) is 3.30. The van der Waals surface area contributed by atoms with Gasteiger partial charge in [0.25, 0.3) is 11.7 Å². The number of benzene rings is 1. The average Bonchev–Trinajstić information content (AvgIpc) is 3.02. The molecule has 3 aromatic rings. The highest BCUT2D eigenvalue weighted by Gasteiger charge is 2.14. The molecule has 3 rings (SSSR count). The van der Waals surface area contributed by atoms with Crippen molar-refractivity contribution in [2.75, 3.05) is 28.2 Å². The molecule has 0 spiro atoms. The topological polar surface area (TPSA) is 74.3 Å². The Morgan fingerprint density at radius 2 is 1.65 bits per heavy atom. The van der Waals surface area contributed by atoms with Crippen LogP contribution < -0.4 is 0 Å². The monoisotopic (exact) mass is 370 g/mol. The number of hydrogen-bond donors (Lipinski definition) is 0. The molecule has 0 amide bonds. The van der Waals surface area contributed by atoms with Gasteiger partial charge in [0.15, 0.2) is 5.82 Å². The van der Waals surface area contributed by atoms with Crippen molar-refractivity contribution in [3.63, 3.8) is 0 Å². The predicted molar refractivity (Wildman–Crippen MR) is 105 cm³/mol. The maximum Gasteiger partial charge on any atom is 0.272 e. The molecule has 0 radical (unpaired) electrons. The van der Waals surface area contributed by atoms with Crippen molar-refractivity contribution in [3.05, 3.63) is 35.5 Å². The van der Waals surface area contributed by atoms with Crippen LogP contribution in [0.25, 0.3) is 16.9 Å². The molecule has 1 aromatic carbocycles. The average molecular weight is 371 g/mol. The summed E-state index contributed by atoms with van der Waals surface area (Å²) in [6.45, 7) is 0. The van der Waals surface area contributed by atoms with Crippen LogP contribution in [0.1, 0.15) is 0 Å². The highest BCUT2D eigenvalue weighted by atomic mass is 35.5. The second-order valence-corrected chi connectivity index (χ2v) is 6.48. The minimum absolute atomic E-state index is 0.320. The molecule has 0 fully saturated rings. The lowest BCUT2D eigenvalue weighted by molar-refractivity contribution is 0.642. The van der Waals surface area contributed by atoms with Crippen molar-refractivity contribution in [3.8, 4) is 11.1 Å². The third kappa shape index (κ3) is 3.97. The first-order valence-corrected chi connectivity index (χ1v) is 8.25. The number of hydrogen-bond acceptors (Lipinski definition) is 5. The molecule has 0 saturated carbocycles. The van der Waals surface area contributed by atoms with Crippen molar-refractivity contribution in [1.29, 1.82) is 0 Å². The van der Waals surface area contributed by atoms with Gasteiger partial charge in [-0.2, -0.15) is 9.50 Å². The van der Waals surface area contributed by atoms with Crippen molar-refractivity contribution >= 4 is 41.8 Å². The molecule has 134 valence electrons. The molecule has 0 aliphatic carbocycles. The zero-order valence-corrected chi connectivity index (χ0v) is 15.8. The van der Waals surface area contributed by atoms with E-state index in [1.165, 1.54) is 0 Å². The Morgan fingerprint density at radius 3 is 2.31 bits per heavy atom. The molecule has 0 atom stereocenters. The summed E-state index contributed by atoms with van der Waals surface area (Å²) >= 11 is 6.00. The van der Waals surface area contributed by atoms with Gasteiger partial charge in [0.05, 0.1) is 12.7 Å². The molecule has 0 aliphatic rings. The van der Waals surface area contributed by atoms with Crippen LogP contribution in [0.2, 0.25) is 5.02 Å². The Bertz CT molecular complexity index is 957. The summed E-state index contributed by atoms with van der Waals surface area (Å²) in [5, 5.41) is 5.10. The summed E-state index contributed by atoms with van der Waals surface area (Å²) in [5.74, 6) is 1.37. The fraction of sp³-hybridized carbons (Fsp3) is 0.235. The number of nitrogens with zero attached hydrogens (tertiary/aromatic N) is 8. The molecule has 8 nitrogen and oxygen atoms in total. The molecule has 0 saturated heterocycles. The van der Waals surface area contributed by atoms with E-state index in [1.54, 1.807) is 23.4 Å². The summed E-state index contributed by atoms with van der Waals surface area (Å²) in [7, 11) is 7.56. The first-order chi connectivity index (χ1) is 12.4. The molecule has 0 aliphatic heterocycles. The minimum atomic E-state index is 0.320. The lowest BCUT2D eigenvalue weighted by Crippen LogP contribution is -2.08. The first kappa shape index (κ1) is 17.8. The fourth-order valence-electron chi connectivity index (χ4n) is 2.16. The van der Waals surface area contributed by atoms with Gasteiger partial charge in [0, 0.05) is 45.0 Å². The van der Waals surface area contributed by atoms with E-state index in [0.29, 0.717) is 22.6 Å². The Kier molecular flexibility index (Phi) is 5.13. The van der Waals surface area contributed by atoms with Gasteiger partial charge < -0.3 is 9.80 Å². The number of halogens is 1. The van der Waals surface area contributed by atoms with Gasteiger partial charge in [0.1, 0.15) is 0 Å². The van der Waals surface area contributed by atoms with Gasteiger partial charge in [-0.15, -0.1) is 5.10 Å². The summed E-state index contributed by atoms with van der Waals surface area (Å²) in [6.07, 6.45) is 5.07. The lowest BCUT2D eigenvalue weighted by Gasteiger charge is -2.08. The van der Waals surface area contributed by atoms with Crippen molar-refractivity contribution in [2.45, 2.75) is 0 Å². The standard InChI is InChI=1S/C17H19ClN8/c1-24(2)10-20-15-14(12-5-7-13(18)8-6-12)9-19-17-22-16(23-26(15)17)21-11-25(3)4/h5-11H,1-4H3/b20-10+,21-11+. The Hall–Kier alpha value is -3.00. The molecular formula is C17H19ClN8. The third-order valence-corrected chi connectivity index (χ3v) is 3.55. The number of rotatable bonds is 5. The second-order valence-electron chi connectivity index (χ2n) is 6.04. The van der Waals surface area contributed by atoms with E-state index in [1.807, 2.05) is 62.3 Å². The number of aliphatic imine (C=N–C) groups is 2. The molecule has 26 heavy (non-hydrogen) atoms. The molecule has 0 unspecified atom stereocenters. The quantitative estimate of drug-likeness (QED) is 0.510. The van der Waals surface area contributed by atoms with Gasteiger partial charge in [-0.25, -0.2) is 15.0 Å². The van der Waals surface area contributed by atoms with Crippen LogP contribution in [-0.2, 0) is 0 Å². The van der Waals surface area contributed by atoms with E-state index in [2.05, 4.69) is 25.1 Å². The molecule has 2 aromatic heterocycles. The molecule has 0 bridgehead atoms. The minimum Gasteiger partial charge on any atom is -0.369 e. The van der Waals surface area contributed by atoms with Crippen LogP contribution in [0, 0.1) is 0 Å². The summed E-state index contributed by atoms with van der Waals surface area (Å²) in [4.78, 5) is 21.2. The predicted octanol–water partition coefficient (Wildman–Crippen LogP) is 2.89. The van der Waals surface area contributed by atoms with Crippen LogP contribution in [0.5, 0.6) is 0 Å². The van der Waals surface area contributed by atoms with Crippen LogP contribution in [-0.4, -0.2) is 70.2 Å². The smallest absolute Gasteiger partial charge is 0.272 e. The molecule has 0 N–H and O–H groups in total. The van der Waals surface area contributed by atoms with Gasteiger partial charge in [-0.3, -0.25) is 0 Å². The van der Waals surface area contributed by atoms with E-state index >= 15 is 0 Å². The van der Waals surface area contributed by atoms with Gasteiger partial charge in [0.2, 0.25) is 0 Å². The van der Waals surface area contributed by atoms with E-state index < -0.39 is 0 Å². The number of aromatic nitrogens is 4. The molecule has 9 heteroatoms. The van der Waals surface area contributed by atoms with E-state index in [0.717, 1.165) is 11.1 Å². The van der Waals surface area contributed by atoms with Crippen LogP contribution in [0.15, 0.2) is 40.4 Å². The van der Waals surface area contributed by atoms with Crippen LogP contribution >= 0.6 is 11.6 Å². The zero-order valence-electron chi connectivity index (χ0n) is 15.0. The lowest BCUT2D eigenvalue weighted by atomic mass is 10.1. The molecule has 2 heterocycles. The van der Waals surface area contributed by atoms with Crippen molar-refractivity contribution in [1.82, 2.24) is 29.4 Å². The zero-order chi connectivity index (χ0) is 18.7. The Morgan fingerprint density at radius 1 is 1.00 bits per heavy atom. The summed E-state index contributed by atoms with van der Waals surface area (Å²) in [5.41, 5.74) is 1.75. The molecular weight excluding hydrogens is 352 g/mol. The number of fused-ring (bicyclic) bond motifs is 1. The van der Waals surface area contributed by atoms with Crippen LogP contribution in [0.4, 0.5) is 11.8 Å². The Labute approximate surface area is 156 Å². The van der Waals surface area contributed by atoms with E-state index in [-0.39, 0.29) is 0 Å². The van der Waals surface area contributed by atoms with E-state index in [4.69, 9.17) is 11.6 Å². The SMILES string of the molecule is CN(C)/C=N/c1nc2ncc(-c3ccc(Cl)cc3)c(/N=C/N(C)C)n2n1. The second kappa shape index (κ2) is 7.49. The largest absolute Gasteiger partial charge is 0.369 e.